The molecular formula is C24H24N6O3S. The zero-order valence-corrected chi connectivity index (χ0v) is 19.2. The van der Waals surface area contributed by atoms with Crippen molar-refractivity contribution >= 4 is 32.5 Å². The van der Waals surface area contributed by atoms with E-state index in [1.165, 1.54) is 6.07 Å². The van der Waals surface area contributed by atoms with Gasteiger partial charge in [-0.3, -0.25) is 24.5 Å². The number of carbonyl (C=O) groups is 1. The van der Waals surface area contributed by atoms with Crippen LogP contribution in [-0.2, 0) is 16.6 Å². The number of aromatic amines is 1. The number of pyridine rings is 1. The van der Waals surface area contributed by atoms with E-state index in [1.54, 1.807) is 42.6 Å². The number of nitrogens with one attached hydrogen (secondary N) is 2. The molecule has 2 aromatic heterocycles. The highest BCUT2D eigenvalue weighted by molar-refractivity contribution is 7.93. The van der Waals surface area contributed by atoms with Gasteiger partial charge in [-0.15, -0.1) is 0 Å². The van der Waals surface area contributed by atoms with Crippen LogP contribution in [0, 0.1) is 0 Å². The number of hydrogen-bond donors (Lipinski definition) is 2. The van der Waals surface area contributed by atoms with Crippen LogP contribution in [0.2, 0.25) is 0 Å². The number of piperazine rings is 1. The molecule has 4 aromatic rings. The molecule has 1 amide bonds. The van der Waals surface area contributed by atoms with Gasteiger partial charge in [0.1, 0.15) is 4.90 Å². The molecule has 3 heterocycles. The van der Waals surface area contributed by atoms with Crippen LogP contribution in [0.3, 0.4) is 0 Å². The maximum atomic E-state index is 13.0. The maximum Gasteiger partial charge on any atom is 0.264 e. The van der Waals surface area contributed by atoms with Crippen molar-refractivity contribution in [2.75, 3.05) is 30.9 Å². The number of para-hydroxylation sites is 1. The molecule has 10 heteroatoms. The number of aromatic nitrogens is 3. The third-order valence-electron chi connectivity index (χ3n) is 5.89. The van der Waals surface area contributed by atoms with E-state index in [1.807, 2.05) is 29.4 Å². The fraction of sp³-hybridized carbons (Fsp3) is 0.208. The number of anilines is 1. The second-order valence-electron chi connectivity index (χ2n) is 8.19. The molecular weight excluding hydrogens is 452 g/mol. The van der Waals surface area contributed by atoms with Crippen LogP contribution in [0.4, 0.5) is 5.69 Å². The predicted octanol–water partition coefficient (Wildman–Crippen LogP) is 2.72. The van der Waals surface area contributed by atoms with E-state index >= 15 is 0 Å². The molecule has 0 aliphatic carbocycles. The van der Waals surface area contributed by atoms with Gasteiger partial charge in [0.25, 0.3) is 15.9 Å². The van der Waals surface area contributed by atoms with Crippen molar-refractivity contribution in [2.45, 2.75) is 11.4 Å². The fourth-order valence-electron chi connectivity index (χ4n) is 4.10. The quantitative estimate of drug-likeness (QED) is 0.443. The first-order valence-corrected chi connectivity index (χ1v) is 12.4. The first-order valence-electron chi connectivity index (χ1n) is 11.0. The molecule has 0 spiro atoms. The Morgan fingerprint density at radius 2 is 1.76 bits per heavy atom. The number of carbonyl (C=O) groups excluding carboxylic acids is 1. The molecule has 5 rings (SSSR count). The van der Waals surface area contributed by atoms with E-state index in [0.717, 1.165) is 30.6 Å². The first kappa shape index (κ1) is 22.1. The van der Waals surface area contributed by atoms with Crippen LogP contribution in [-0.4, -0.2) is 65.5 Å². The van der Waals surface area contributed by atoms with Crippen LogP contribution < -0.4 is 4.72 Å². The minimum atomic E-state index is -3.84. The van der Waals surface area contributed by atoms with Gasteiger partial charge in [0.15, 0.2) is 0 Å². The molecule has 1 saturated heterocycles. The molecule has 0 unspecified atom stereocenters. The van der Waals surface area contributed by atoms with Crippen molar-refractivity contribution in [1.29, 1.82) is 0 Å². The fourth-order valence-corrected chi connectivity index (χ4v) is 5.34. The molecule has 0 radical (unpaired) electrons. The van der Waals surface area contributed by atoms with Crippen LogP contribution >= 0.6 is 0 Å². The predicted molar refractivity (Wildman–Crippen MR) is 129 cm³/mol. The van der Waals surface area contributed by atoms with Crippen molar-refractivity contribution in [3.63, 3.8) is 0 Å². The number of H-pyrrole nitrogens is 1. The van der Waals surface area contributed by atoms with Crippen LogP contribution in [0.5, 0.6) is 0 Å². The number of fused-ring (bicyclic) bond motifs is 1. The highest BCUT2D eigenvalue weighted by Gasteiger charge is 2.23. The summed E-state index contributed by atoms with van der Waals surface area (Å²) in [7, 11) is -3.84. The topological polar surface area (TPSA) is 111 Å². The maximum absolute atomic E-state index is 13.0. The van der Waals surface area contributed by atoms with Crippen LogP contribution in [0.1, 0.15) is 15.9 Å². The molecule has 1 aliphatic rings. The van der Waals surface area contributed by atoms with E-state index in [9.17, 15) is 13.2 Å². The Morgan fingerprint density at radius 1 is 1.00 bits per heavy atom. The van der Waals surface area contributed by atoms with Gasteiger partial charge >= 0.3 is 0 Å². The lowest BCUT2D eigenvalue weighted by Gasteiger charge is -2.34. The van der Waals surface area contributed by atoms with Gasteiger partial charge in [-0.2, -0.15) is 5.10 Å². The number of nitrogens with zero attached hydrogens (tertiary/aromatic N) is 4. The molecule has 174 valence electrons. The average molecular weight is 477 g/mol. The average Bonchev–Trinajstić information content (AvgIpc) is 3.37. The zero-order chi connectivity index (χ0) is 23.5. The Bertz CT molecular complexity index is 1390. The summed E-state index contributed by atoms with van der Waals surface area (Å²) < 4.78 is 28.6. The van der Waals surface area contributed by atoms with Crippen molar-refractivity contribution in [1.82, 2.24) is 25.0 Å². The molecule has 2 N–H and O–H groups in total. The Labute approximate surface area is 197 Å². The molecule has 0 saturated carbocycles. The monoisotopic (exact) mass is 476 g/mol. The SMILES string of the molecule is O=C(c1ccc(NS(=O)(=O)c2cccc3cccnc23)cc1)N1CCN(Cc2cn[nH]c2)CC1. The summed E-state index contributed by atoms with van der Waals surface area (Å²) in [6.45, 7) is 3.65. The van der Waals surface area contributed by atoms with E-state index in [-0.39, 0.29) is 10.8 Å². The van der Waals surface area contributed by atoms with Gasteiger partial charge in [-0.1, -0.05) is 18.2 Å². The molecule has 0 atom stereocenters. The van der Waals surface area contributed by atoms with Crippen molar-refractivity contribution in [3.8, 4) is 0 Å². The van der Waals surface area contributed by atoms with Gasteiger partial charge in [0.2, 0.25) is 0 Å². The lowest BCUT2D eigenvalue weighted by molar-refractivity contribution is 0.0628. The third kappa shape index (κ3) is 4.63. The molecule has 34 heavy (non-hydrogen) atoms. The zero-order valence-electron chi connectivity index (χ0n) is 18.4. The molecule has 1 fully saturated rings. The Kier molecular flexibility index (Phi) is 5.99. The highest BCUT2D eigenvalue weighted by Crippen LogP contribution is 2.23. The molecule has 0 bridgehead atoms. The Balaban J connectivity index is 1.23. The largest absolute Gasteiger partial charge is 0.336 e. The molecule has 2 aromatic carbocycles. The van der Waals surface area contributed by atoms with E-state index in [0.29, 0.717) is 29.9 Å². The minimum absolute atomic E-state index is 0.0596. The van der Waals surface area contributed by atoms with Gasteiger partial charge in [0, 0.05) is 67.3 Å². The third-order valence-corrected chi connectivity index (χ3v) is 7.30. The highest BCUT2D eigenvalue weighted by atomic mass is 32.2. The smallest absolute Gasteiger partial charge is 0.264 e. The summed E-state index contributed by atoms with van der Waals surface area (Å²) in [4.78, 5) is 21.4. The molecule has 1 aliphatic heterocycles. The first-order chi connectivity index (χ1) is 16.5. The number of amides is 1. The summed E-state index contributed by atoms with van der Waals surface area (Å²) in [5.74, 6) is -0.0596. The summed E-state index contributed by atoms with van der Waals surface area (Å²) in [5, 5.41) is 7.53. The van der Waals surface area contributed by atoms with E-state index < -0.39 is 10.0 Å². The second kappa shape index (κ2) is 9.24. The Morgan fingerprint density at radius 3 is 2.50 bits per heavy atom. The lowest BCUT2D eigenvalue weighted by Crippen LogP contribution is -2.48. The standard InChI is InChI=1S/C24H24N6O3S/c31-24(30-13-11-29(12-14-30)17-18-15-26-27-16-18)20-6-8-21(9-7-20)28-34(32,33)22-5-1-3-19-4-2-10-25-23(19)22/h1-10,15-16,28H,11-14,17H2,(H,26,27). The van der Waals surface area contributed by atoms with E-state index in [2.05, 4.69) is 24.8 Å². The van der Waals surface area contributed by atoms with Gasteiger partial charge < -0.3 is 4.90 Å². The summed E-state index contributed by atoms with van der Waals surface area (Å²) in [6.07, 6.45) is 5.26. The van der Waals surface area contributed by atoms with Gasteiger partial charge in [-0.25, -0.2) is 8.42 Å². The van der Waals surface area contributed by atoms with Crippen molar-refractivity contribution < 1.29 is 13.2 Å². The second-order valence-corrected chi connectivity index (χ2v) is 9.84. The van der Waals surface area contributed by atoms with E-state index in [4.69, 9.17) is 0 Å². The molecule has 9 nitrogen and oxygen atoms in total. The number of benzene rings is 2. The summed E-state index contributed by atoms with van der Waals surface area (Å²) >= 11 is 0. The Hall–Kier alpha value is -3.76. The van der Waals surface area contributed by atoms with Gasteiger partial charge in [-0.05, 0) is 36.4 Å². The van der Waals surface area contributed by atoms with Crippen LogP contribution in [0.15, 0.2) is 78.1 Å². The number of rotatable bonds is 6. The number of hydrogen-bond acceptors (Lipinski definition) is 6. The van der Waals surface area contributed by atoms with Crippen LogP contribution in [0.25, 0.3) is 10.9 Å². The lowest BCUT2D eigenvalue weighted by atomic mass is 10.1. The van der Waals surface area contributed by atoms with Crippen molar-refractivity contribution in [2.24, 2.45) is 0 Å². The summed E-state index contributed by atoms with van der Waals surface area (Å²) in [5.41, 5.74) is 2.45. The normalized spacial score (nSPS) is 14.9. The van der Waals surface area contributed by atoms with Gasteiger partial charge in [0.05, 0.1) is 11.7 Å². The minimum Gasteiger partial charge on any atom is -0.336 e. The van der Waals surface area contributed by atoms with Crippen molar-refractivity contribution in [3.05, 3.63) is 84.3 Å². The summed E-state index contributed by atoms with van der Waals surface area (Å²) in [6, 6.07) is 15.1. The number of sulfonamides is 1.